The first-order valence-corrected chi connectivity index (χ1v) is 7.89. The normalized spacial score (nSPS) is 23.6. The molecule has 2 amide bonds. The summed E-state index contributed by atoms with van der Waals surface area (Å²) < 4.78 is 0. The first-order valence-electron chi connectivity index (χ1n) is 7.89. The average molecular weight is 281 g/mol. The number of amides is 2. The van der Waals surface area contributed by atoms with E-state index in [1.54, 1.807) is 0 Å². The van der Waals surface area contributed by atoms with Crippen LogP contribution in [-0.2, 0) is 9.59 Å². The molecule has 0 bridgehead atoms. The maximum atomic E-state index is 12.3. The maximum Gasteiger partial charge on any atom is 0.234 e. The second-order valence-electron chi connectivity index (χ2n) is 6.20. The molecule has 1 saturated heterocycles. The monoisotopic (exact) mass is 281 g/mol. The van der Waals surface area contributed by atoms with Crippen LogP contribution in [0.5, 0.6) is 0 Å². The third-order valence-corrected chi connectivity index (χ3v) is 4.81. The second-order valence-corrected chi connectivity index (χ2v) is 6.20. The van der Waals surface area contributed by atoms with Gasteiger partial charge in [0.25, 0.3) is 0 Å². The molecule has 2 fully saturated rings. The van der Waals surface area contributed by atoms with E-state index in [0.717, 1.165) is 26.2 Å². The predicted molar refractivity (Wildman–Crippen MR) is 78.0 cm³/mol. The largest absolute Gasteiger partial charge is 0.368 e. The van der Waals surface area contributed by atoms with E-state index in [0.29, 0.717) is 18.2 Å². The molecule has 0 unspecified atom stereocenters. The van der Waals surface area contributed by atoms with Crippen molar-refractivity contribution in [2.75, 3.05) is 26.2 Å². The molecule has 0 spiro atoms. The van der Waals surface area contributed by atoms with E-state index in [1.165, 1.54) is 32.1 Å². The molecular formula is C15H27N3O2. The zero-order chi connectivity index (χ0) is 14.5. The molecule has 2 rings (SSSR count). The molecule has 114 valence electrons. The molecule has 0 aromatic heterocycles. The van der Waals surface area contributed by atoms with Crippen LogP contribution in [0.2, 0.25) is 0 Å². The molecule has 0 radical (unpaired) electrons. The van der Waals surface area contributed by atoms with Gasteiger partial charge in [-0.2, -0.15) is 0 Å². The van der Waals surface area contributed by atoms with E-state index in [1.807, 2.05) is 11.8 Å². The van der Waals surface area contributed by atoms with Crippen LogP contribution >= 0.6 is 0 Å². The van der Waals surface area contributed by atoms with Crippen LogP contribution in [0.3, 0.4) is 0 Å². The van der Waals surface area contributed by atoms with E-state index in [2.05, 4.69) is 4.90 Å². The summed E-state index contributed by atoms with van der Waals surface area (Å²) in [4.78, 5) is 27.5. The first kappa shape index (κ1) is 15.3. The van der Waals surface area contributed by atoms with Crippen LogP contribution in [0, 0.1) is 5.92 Å². The van der Waals surface area contributed by atoms with E-state index in [-0.39, 0.29) is 11.9 Å². The van der Waals surface area contributed by atoms with Crippen molar-refractivity contribution in [3.05, 3.63) is 0 Å². The third kappa shape index (κ3) is 3.95. The summed E-state index contributed by atoms with van der Waals surface area (Å²) >= 11 is 0. The number of nitrogens with zero attached hydrogens (tertiary/aromatic N) is 2. The van der Waals surface area contributed by atoms with Gasteiger partial charge in [0.15, 0.2) is 0 Å². The summed E-state index contributed by atoms with van der Waals surface area (Å²) in [6.07, 6.45) is 7.03. The molecule has 1 atom stereocenters. The lowest BCUT2D eigenvalue weighted by Crippen LogP contribution is -2.54. The minimum atomic E-state index is -0.285. The average Bonchev–Trinajstić information content (AvgIpc) is 2.47. The van der Waals surface area contributed by atoms with Gasteiger partial charge < -0.3 is 10.6 Å². The van der Waals surface area contributed by atoms with Crippen molar-refractivity contribution < 1.29 is 9.59 Å². The Hall–Kier alpha value is -1.10. The molecule has 5 nitrogen and oxygen atoms in total. The lowest BCUT2D eigenvalue weighted by Gasteiger charge is -2.37. The van der Waals surface area contributed by atoms with Crippen LogP contribution in [0.25, 0.3) is 0 Å². The van der Waals surface area contributed by atoms with Crippen molar-refractivity contribution in [1.29, 1.82) is 0 Å². The number of hydrogen-bond acceptors (Lipinski definition) is 3. The molecule has 1 aliphatic carbocycles. The molecule has 0 aromatic carbocycles. The number of nitrogens with two attached hydrogens (primary N) is 1. The third-order valence-electron chi connectivity index (χ3n) is 4.81. The van der Waals surface area contributed by atoms with Crippen molar-refractivity contribution in [3.8, 4) is 0 Å². The number of rotatable bonds is 4. The molecular weight excluding hydrogens is 254 g/mol. The maximum absolute atomic E-state index is 12.3. The Labute approximate surface area is 121 Å². The molecule has 0 aromatic rings. The van der Waals surface area contributed by atoms with Gasteiger partial charge in [-0.25, -0.2) is 0 Å². The van der Waals surface area contributed by atoms with Gasteiger partial charge in [0, 0.05) is 32.6 Å². The summed E-state index contributed by atoms with van der Waals surface area (Å²) in [6, 6.07) is -0.231. The van der Waals surface area contributed by atoms with Gasteiger partial charge in [0.1, 0.15) is 0 Å². The van der Waals surface area contributed by atoms with E-state index >= 15 is 0 Å². The quantitative estimate of drug-likeness (QED) is 0.835. The van der Waals surface area contributed by atoms with E-state index < -0.39 is 0 Å². The highest BCUT2D eigenvalue weighted by Gasteiger charge is 2.27. The molecule has 1 saturated carbocycles. The van der Waals surface area contributed by atoms with Crippen molar-refractivity contribution in [1.82, 2.24) is 9.80 Å². The van der Waals surface area contributed by atoms with Gasteiger partial charge in [-0.1, -0.05) is 19.3 Å². The molecule has 1 heterocycles. The Morgan fingerprint density at radius 2 is 1.70 bits per heavy atom. The van der Waals surface area contributed by atoms with Crippen LogP contribution in [0.1, 0.15) is 45.4 Å². The highest BCUT2D eigenvalue weighted by Crippen LogP contribution is 2.27. The van der Waals surface area contributed by atoms with Crippen LogP contribution in [0.4, 0.5) is 0 Å². The fourth-order valence-electron chi connectivity index (χ4n) is 3.31. The standard InChI is InChI=1S/C15H27N3O2/c1-12(15(16)20)17-7-9-18(10-8-17)14(19)11-13-5-3-2-4-6-13/h12-13H,2-11H2,1H3,(H2,16,20)/t12-/m1/s1. The van der Waals surface area contributed by atoms with E-state index in [9.17, 15) is 9.59 Å². The Morgan fingerprint density at radius 1 is 1.10 bits per heavy atom. The van der Waals surface area contributed by atoms with Crippen molar-refractivity contribution in [2.24, 2.45) is 11.7 Å². The zero-order valence-corrected chi connectivity index (χ0v) is 12.5. The molecule has 20 heavy (non-hydrogen) atoms. The van der Waals surface area contributed by atoms with Crippen LogP contribution < -0.4 is 5.73 Å². The minimum absolute atomic E-state index is 0.231. The number of carbonyl (C=O) groups is 2. The number of piperazine rings is 1. The summed E-state index contributed by atoms with van der Waals surface area (Å²) in [5.41, 5.74) is 5.32. The lowest BCUT2D eigenvalue weighted by atomic mass is 9.86. The predicted octanol–water partition coefficient (Wildman–Crippen LogP) is 0.975. The number of carbonyl (C=O) groups excluding carboxylic acids is 2. The first-order chi connectivity index (χ1) is 9.58. The highest BCUT2D eigenvalue weighted by molar-refractivity contribution is 5.79. The zero-order valence-electron chi connectivity index (χ0n) is 12.5. The fourth-order valence-corrected chi connectivity index (χ4v) is 3.31. The van der Waals surface area contributed by atoms with E-state index in [4.69, 9.17) is 5.73 Å². The lowest BCUT2D eigenvalue weighted by molar-refractivity contribution is -0.135. The van der Waals surface area contributed by atoms with Crippen molar-refractivity contribution in [2.45, 2.75) is 51.5 Å². The Bertz CT molecular complexity index is 345. The summed E-state index contributed by atoms with van der Waals surface area (Å²) in [6.45, 7) is 4.79. The summed E-state index contributed by atoms with van der Waals surface area (Å²) in [7, 11) is 0. The molecule has 1 aliphatic heterocycles. The van der Waals surface area contributed by atoms with Gasteiger partial charge >= 0.3 is 0 Å². The van der Waals surface area contributed by atoms with Gasteiger partial charge in [-0.05, 0) is 25.7 Å². The minimum Gasteiger partial charge on any atom is -0.368 e. The molecule has 2 N–H and O–H groups in total. The van der Waals surface area contributed by atoms with Gasteiger partial charge in [-0.3, -0.25) is 14.5 Å². The Balaban J connectivity index is 1.75. The Kier molecular flexibility index (Phi) is 5.40. The van der Waals surface area contributed by atoms with Crippen molar-refractivity contribution >= 4 is 11.8 Å². The Morgan fingerprint density at radius 3 is 2.25 bits per heavy atom. The van der Waals surface area contributed by atoms with Gasteiger partial charge in [-0.15, -0.1) is 0 Å². The summed E-state index contributed by atoms with van der Waals surface area (Å²) in [5.74, 6) is 0.606. The number of primary amides is 1. The summed E-state index contributed by atoms with van der Waals surface area (Å²) in [5, 5.41) is 0. The number of hydrogen-bond donors (Lipinski definition) is 1. The smallest absolute Gasteiger partial charge is 0.234 e. The fraction of sp³-hybridized carbons (Fsp3) is 0.867. The SMILES string of the molecule is C[C@H](C(N)=O)N1CCN(C(=O)CC2CCCCC2)CC1. The van der Waals surface area contributed by atoms with Crippen molar-refractivity contribution in [3.63, 3.8) is 0 Å². The van der Waals surface area contributed by atoms with Gasteiger partial charge in [0.05, 0.1) is 6.04 Å². The van der Waals surface area contributed by atoms with Gasteiger partial charge in [0.2, 0.25) is 11.8 Å². The molecule has 2 aliphatic rings. The molecule has 5 heteroatoms. The highest BCUT2D eigenvalue weighted by atomic mass is 16.2. The topological polar surface area (TPSA) is 66.6 Å². The second kappa shape index (κ2) is 7.07. The van der Waals surface area contributed by atoms with Crippen LogP contribution in [-0.4, -0.2) is 53.8 Å². The van der Waals surface area contributed by atoms with Crippen LogP contribution in [0.15, 0.2) is 0 Å².